The molecule has 174 valence electrons. The predicted molar refractivity (Wildman–Crippen MR) is 125 cm³/mol. The summed E-state index contributed by atoms with van der Waals surface area (Å²) in [4.78, 5) is 11.4. The van der Waals surface area contributed by atoms with Crippen LogP contribution in [0.5, 0.6) is 0 Å². The van der Waals surface area contributed by atoms with Crippen LogP contribution in [0.4, 0.5) is 5.95 Å². The maximum absolute atomic E-state index is 12.5. The van der Waals surface area contributed by atoms with Gasteiger partial charge in [-0.15, -0.1) is 5.10 Å². The molecule has 33 heavy (non-hydrogen) atoms. The summed E-state index contributed by atoms with van der Waals surface area (Å²) < 4.78 is 33.4. The Morgan fingerprint density at radius 1 is 1.18 bits per heavy atom. The van der Waals surface area contributed by atoms with Gasteiger partial charge in [-0.3, -0.25) is 0 Å². The topological polar surface area (TPSA) is 123 Å². The van der Waals surface area contributed by atoms with Crippen molar-refractivity contribution >= 4 is 21.6 Å². The molecule has 5 rings (SSSR count). The highest BCUT2D eigenvalue weighted by Crippen LogP contribution is 2.31. The van der Waals surface area contributed by atoms with Crippen molar-refractivity contribution in [1.82, 2.24) is 28.8 Å². The number of nitrogen functional groups attached to an aromatic ring is 1. The third kappa shape index (κ3) is 4.02. The SMILES string of the molecule is CC(C)S(=O)(=O)N1CCN(C2=CC=CC(c3cc4nc(-c5ccco5)nn4c(N)n3)C2)CC1. The molecule has 0 aromatic carbocycles. The fourth-order valence-corrected chi connectivity index (χ4v) is 5.53. The molecule has 1 fully saturated rings. The second kappa shape index (κ2) is 8.31. The zero-order valence-electron chi connectivity index (χ0n) is 18.6. The number of allylic oxidation sites excluding steroid dienone is 4. The number of furan rings is 1. The summed E-state index contributed by atoms with van der Waals surface area (Å²) in [6.07, 6.45) is 8.56. The Morgan fingerprint density at radius 3 is 2.67 bits per heavy atom. The molecule has 1 aliphatic carbocycles. The van der Waals surface area contributed by atoms with E-state index >= 15 is 0 Å². The number of nitrogens with two attached hydrogens (primary N) is 1. The molecule has 0 amide bonds. The lowest BCUT2D eigenvalue weighted by molar-refractivity contribution is 0.221. The van der Waals surface area contributed by atoms with Gasteiger partial charge in [0.15, 0.2) is 11.4 Å². The molecule has 3 aromatic rings. The minimum Gasteiger partial charge on any atom is -0.461 e. The second-order valence-electron chi connectivity index (χ2n) is 8.56. The van der Waals surface area contributed by atoms with Crippen LogP contribution in [0.1, 0.15) is 31.9 Å². The minimum absolute atomic E-state index is 0.0403. The van der Waals surface area contributed by atoms with Gasteiger partial charge in [-0.05, 0) is 38.5 Å². The molecular formula is C22H27N7O3S. The van der Waals surface area contributed by atoms with Gasteiger partial charge in [-0.1, -0.05) is 12.2 Å². The van der Waals surface area contributed by atoms with E-state index < -0.39 is 15.3 Å². The number of anilines is 1. The summed E-state index contributed by atoms with van der Waals surface area (Å²) in [5.74, 6) is 1.34. The Labute approximate surface area is 192 Å². The third-order valence-corrected chi connectivity index (χ3v) is 8.43. The van der Waals surface area contributed by atoms with Crippen molar-refractivity contribution in [3.63, 3.8) is 0 Å². The van der Waals surface area contributed by atoms with Crippen LogP contribution in [0.2, 0.25) is 0 Å². The zero-order chi connectivity index (χ0) is 23.2. The first-order valence-electron chi connectivity index (χ1n) is 11.0. The number of sulfonamides is 1. The molecule has 0 spiro atoms. The van der Waals surface area contributed by atoms with Crippen LogP contribution in [-0.4, -0.2) is 68.6 Å². The first-order valence-corrected chi connectivity index (χ1v) is 12.5. The van der Waals surface area contributed by atoms with Crippen molar-refractivity contribution in [2.75, 3.05) is 31.9 Å². The van der Waals surface area contributed by atoms with Crippen molar-refractivity contribution < 1.29 is 12.8 Å². The number of piperazine rings is 1. The van der Waals surface area contributed by atoms with Crippen molar-refractivity contribution in [2.45, 2.75) is 31.4 Å². The van der Waals surface area contributed by atoms with Crippen LogP contribution in [-0.2, 0) is 10.0 Å². The van der Waals surface area contributed by atoms with Gasteiger partial charge >= 0.3 is 0 Å². The van der Waals surface area contributed by atoms with Gasteiger partial charge in [0, 0.05) is 43.9 Å². The average molecular weight is 470 g/mol. The van der Waals surface area contributed by atoms with Crippen molar-refractivity contribution in [3.8, 4) is 11.6 Å². The molecule has 1 saturated heterocycles. The first kappa shape index (κ1) is 21.7. The Kier molecular flexibility index (Phi) is 5.45. The van der Waals surface area contributed by atoms with Crippen LogP contribution in [0.3, 0.4) is 0 Å². The first-order chi connectivity index (χ1) is 15.8. The van der Waals surface area contributed by atoms with Gasteiger partial charge in [0.05, 0.1) is 17.2 Å². The van der Waals surface area contributed by atoms with Gasteiger partial charge in [0.1, 0.15) is 0 Å². The number of rotatable bonds is 5. The normalized spacial score (nSPS) is 20.0. The molecule has 4 heterocycles. The van der Waals surface area contributed by atoms with Crippen molar-refractivity contribution in [1.29, 1.82) is 0 Å². The second-order valence-corrected chi connectivity index (χ2v) is 11.0. The fraction of sp³-hybridized carbons (Fsp3) is 0.409. The monoisotopic (exact) mass is 469 g/mol. The molecule has 1 aliphatic heterocycles. The van der Waals surface area contributed by atoms with Gasteiger partial charge in [-0.25, -0.2) is 18.4 Å². The molecule has 3 aromatic heterocycles. The van der Waals surface area contributed by atoms with Crippen molar-refractivity contribution in [2.24, 2.45) is 0 Å². The Morgan fingerprint density at radius 2 is 1.97 bits per heavy atom. The summed E-state index contributed by atoms with van der Waals surface area (Å²) >= 11 is 0. The smallest absolute Gasteiger partial charge is 0.223 e. The molecule has 1 unspecified atom stereocenters. The molecular weight excluding hydrogens is 442 g/mol. The van der Waals surface area contributed by atoms with E-state index in [9.17, 15) is 8.42 Å². The molecule has 1 atom stereocenters. The number of hydrogen-bond acceptors (Lipinski definition) is 8. The predicted octanol–water partition coefficient (Wildman–Crippen LogP) is 2.25. The van der Waals surface area contributed by atoms with E-state index in [1.807, 2.05) is 12.1 Å². The van der Waals surface area contributed by atoms with Gasteiger partial charge < -0.3 is 15.1 Å². The van der Waals surface area contributed by atoms with Crippen molar-refractivity contribution in [3.05, 3.63) is 54.1 Å². The summed E-state index contributed by atoms with van der Waals surface area (Å²) in [6.45, 7) is 5.79. The maximum atomic E-state index is 12.5. The largest absolute Gasteiger partial charge is 0.461 e. The van der Waals surface area contributed by atoms with E-state index in [2.05, 4.69) is 32.1 Å². The quantitative estimate of drug-likeness (QED) is 0.604. The molecule has 0 saturated carbocycles. The summed E-state index contributed by atoms with van der Waals surface area (Å²) in [5.41, 5.74) is 8.80. The lowest BCUT2D eigenvalue weighted by atomic mass is 9.94. The molecule has 2 N–H and O–H groups in total. The zero-order valence-corrected chi connectivity index (χ0v) is 19.4. The number of fused-ring (bicyclic) bond motifs is 1. The highest BCUT2D eigenvalue weighted by atomic mass is 32.2. The van der Waals surface area contributed by atoms with E-state index in [0.717, 1.165) is 12.1 Å². The highest BCUT2D eigenvalue weighted by Gasteiger charge is 2.31. The maximum Gasteiger partial charge on any atom is 0.223 e. The van der Waals surface area contributed by atoms with Crippen LogP contribution in [0.15, 0.2) is 52.8 Å². The number of hydrogen-bond donors (Lipinski definition) is 1. The van der Waals surface area contributed by atoms with Crippen LogP contribution >= 0.6 is 0 Å². The molecule has 0 radical (unpaired) electrons. The van der Waals surface area contributed by atoms with E-state index in [1.54, 1.807) is 36.5 Å². The number of nitrogens with zero attached hydrogens (tertiary/aromatic N) is 6. The Hall–Kier alpha value is -3.18. The Bertz CT molecular complexity index is 1320. The van der Waals surface area contributed by atoms with E-state index in [-0.39, 0.29) is 11.9 Å². The Balaban J connectivity index is 1.32. The van der Waals surface area contributed by atoms with Gasteiger partial charge in [0.2, 0.25) is 21.8 Å². The van der Waals surface area contributed by atoms with E-state index in [4.69, 9.17) is 10.2 Å². The highest BCUT2D eigenvalue weighted by molar-refractivity contribution is 7.89. The molecule has 10 nitrogen and oxygen atoms in total. The third-order valence-electron chi connectivity index (χ3n) is 6.15. The summed E-state index contributed by atoms with van der Waals surface area (Å²) in [6, 6.07) is 5.49. The summed E-state index contributed by atoms with van der Waals surface area (Å²) in [7, 11) is -3.22. The summed E-state index contributed by atoms with van der Waals surface area (Å²) in [5, 5.41) is 4.00. The average Bonchev–Trinajstić information content (AvgIpc) is 3.49. The lowest BCUT2D eigenvalue weighted by Crippen LogP contribution is -2.50. The lowest BCUT2D eigenvalue weighted by Gasteiger charge is -2.38. The number of aromatic nitrogens is 4. The van der Waals surface area contributed by atoms with E-state index in [1.165, 1.54) is 10.2 Å². The molecule has 11 heteroatoms. The molecule has 2 aliphatic rings. The minimum atomic E-state index is -3.22. The van der Waals surface area contributed by atoms with Crippen LogP contribution < -0.4 is 5.73 Å². The van der Waals surface area contributed by atoms with Gasteiger partial charge in [0.25, 0.3) is 0 Å². The van der Waals surface area contributed by atoms with Crippen LogP contribution in [0.25, 0.3) is 17.2 Å². The van der Waals surface area contributed by atoms with Gasteiger partial charge in [-0.2, -0.15) is 8.82 Å². The standard InChI is InChI=1S/C22H27N7O3S/c1-15(2)33(30,31)28-10-8-27(9-11-28)17-6-3-5-16(13-17)18-14-20-25-21(19-7-4-12-32-19)26-29(20)22(23)24-18/h3-7,12,14-16H,8-11,13H2,1-2H3,(H2,23,24). The fourth-order valence-electron chi connectivity index (χ4n) is 4.26. The van der Waals surface area contributed by atoms with Crippen LogP contribution in [0, 0.1) is 0 Å². The molecule has 0 bridgehead atoms. The van der Waals surface area contributed by atoms with E-state index in [0.29, 0.717) is 43.4 Å².